The van der Waals surface area contributed by atoms with Gasteiger partial charge in [0.15, 0.2) is 0 Å². The zero-order valence-corrected chi connectivity index (χ0v) is 11.3. The molecule has 0 bridgehead atoms. The highest BCUT2D eigenvalue weighted by atomic mass is 32.1. The van der Waals surface area contributed by atoms with E-state index in [1.54, 1.807) is 11.9 Å². The fraction of sp³-hybridized carbons (Fsp3) is 0.462. The van der Waals surface area contributed by atoms with Crippen molar-refractivity contribution >= 4 is 18.5 Å². The zero-order chi connectivity index (χ0) is 13.0. The van der Waals surface area contributed by atoms with Crippen LogP contribution in [0.4, 0.5) is 4.39 Å². The number of benzene rings is 1. The smallest absolute Gasteiger partial charge is 0.256 e. The van der Waals surface area contributed by atoms with E-state index in [-0.39, 0.29) is 11.5 Å². The first-order chi connectivity index (χ1) is 7.91. The van der Waals surface area contributed by atoms with Gasteiger partial charge in [-0.1, -0.05) is 13.8 Å². The van der Waals surface area contributed by atoms with Gasteiger partial charge >= 0.3 is 0 Å². The molecule has 0 unspecified atom stereocenters. The zero-order valence-electron chi connectivity index (χ0n) is 10.4. The molecular weight excluding hydrogens is 237 g/mol. The molecule has 0 spiro atoms. The number of carbonyl (C=O) groups excluding carboxylic acids is 1. The number of nitrogens with zero attached hydrogens (tertiary/aromatic N) is 1. The van der Waals surface area contributed by atoms with Crippen LogP contribution < -0.4 is 0 Å². The average molecular weight is 255 g/mol. The van der Waals surface area contributed by atoms with E-state index in [4.69, 9.17) is 0 Å². The molecule has 1 aromatic carbocycles. The first kappa shape index (κ1) is 14.0. The van der Waals surface area contributed by atoms with Crippen LogP contribution in [0, 0.1) is 11.7 Å². The van der Waals surface area contributed by atoms with Crippen molar-refractivity contribution in [3.8, 4) is 0 Å². The van der Waals surface area contributed by atoms with Crippen molar-refractivity contribution in [1.82, 2.24) is 4.90 Å². The number of hydrogen-bond donors (Lipinski definition) is 1. The minimum atomic E-state index is -0.496. The van der Waals surface area contributed by atoms with E-state index in [1.165, 1.54) is 18.2 Å². The lowest BCUT2D eigenvalue weighted by Gasteiger charge is -2.18. The molecule has 2 nitrogen and oxygen atoms in total. The summed E-state index contributed by atoms with van der Waals surface area (Å²) in [6.07, 6.45) is 0.907. The summed E-state index contributed by atoms with van der Waals surface area (Å²) in [5.74, 6) is -0.269. The summed E-state index contributed by atoms with van der Waals surface area (Å²) in [5.41, 5.74) is 0.0868. The van der Waals surface area contributed by atoms with Gasteiger partial charge in [-0.2, -0.15) is 0 Å². The Labute approximate surface area is 107 Å². The third-order valence-corrected chi connectivity index (χ3v) is 2.85. The van der Waals surface area contributed by atoms with Crippen molar-refractivity contribution in [2.45, 2.75) is 25.2 Å². The molecule has 0 heterocycles. The molecule has 17 heavy (non-hydrogen) atoms. The number of carbonyl (C=O) groups is 1. The van der Waals surface area contributed by atoms with Crippen LogP contribution in [0.2, 0.25) is 0 Å². The maximum atomic E-state index is 13.5. The van der Waals surface area contributed by atoms with Crippen LogP contribution in [0.5, 0.6) is 0 Å². The van der Waals surface area contributed by atoms with Gasteiger partial charge in [0.25, 0.3) is 5.91 Å². The molecule has 0 saturated heterocycles. The van der Waals surface area contributed by atoms with E-state index < -0.39 is 5.82 Å². The van der Waals surface area contributed by atoms with Crippen molar-refractivity contribution in [2.24, 2.45) is 5.92 Å². The number of rotatable bonds is 4. The molecule has 94 valence electrons. The lowest BCUT2D eigenvalue weighted by molar-refractivity contribution is 0.0784. The predicted octanol–water partition coefficient (Wildman–Crippen LogP) is 3.23. The number of hydrogen-bond acceptors (Lipinski definition) is 2. The van der Waals surface area contributed by atoms with Crippen LogP contribution in [0.25, 0.3) is 0 Å². The minimum absolute atomic E-state index is 0.0868. The molecule has 0 aliphatic heterocycles. The van der Waals surface area contributed by atoms with Crippen molar-refractivity contribution in [2.75, 3.05) is 13.6 Å². The Hall–Kier alpha value is -1.03. The summed E-state index contributed by atoms with van der Waals surface area (Å²) in [4.78, 5) is 14.1. The van der Waals surface area contributed by atoms with Crippen molar-refractivity contribution in [1.29, 1.82) is 0 Å². The molecule has 0 fully saturated rings. The van der Waals surface area contributed by atoms with Crippen molar-refractivity contribution in [3.05, 3.63) is 29.6 Å². The topological polar surface area (TPSA) is 20.3 Å². The van der Waals surface area contributed by atoms with Crippen molar-refractivity contribution < 1.29 is 9.18 Å². The van der Waals surface area contributed by atoms with Gasteiger partial charge in [0, 0.05) is 18.5 Å². The van der Waals surface area contributed by atoms with Gasteiger partial charge in [0.1, 0.15) is 5.82 Å². The van der Waals surface area contributed by atoms with E-state index >= 15 is 0 Å². The van der Waals surface area contributed by atoms with Crippen LogP contribution in [-0.4, -0.2) is 24.4 Å². The van der Waals surface area contributed by atoms with Gasteiger partial charge in [-0.3, -0.25) is 4.79 Å². The Morgan fingerprint density at radius 1 is 1.47 bits per heavy atom. The normalized spacial score (nSPS) is 10.7. The Morgan fingerprint density at radius 2 is 2.12 bits per heavy atom. The molecule has 1 amide bonds. The van der Waals surface area contributed by atoms with Gasteiger partial charge < -0.3 is 4.90 Å². The third-order valence-electron chi connectivity index (χ3n) is 2.57. The molecule has 4 heteroatoms. The summed E-state index contributed by atoms with van der Waals surface area (Å²) in [6, 6.07) is 4.27. The largest absolute Gasteiger partial charge is 0.342 e. The van der Waals surface area contributed by atoms with Crippen LogP contribution in [0.3, 0.4) is 0 Å². The highest BCUT2D eigenvalue weighted by Gasteiger charge is 2.16. The third kappa shape index (κ3) is 4.04. The standard InChI is InChI=1S/C13H18FNOS/c1-9(2)6-7-15(3)13(16)11-8-10(17)4-5-12(11)14/h4-5,8-9,17H,6-7H2,1-3H3. The average Bonchev–Trinajstić information content (AvgIpc) is 2.28. The molecule has 1 rings (SSSR count). The Bertz CT molecular complexity index is 406. The van der Waals surface area contributed by atoms with E-state index in [0.717, 1.165) is 6.42 Å². The fourth-order valence-corrected chi connectivity index (χ4v) is 1.64. The second kappa shape index (κ2) is 6.05. The molecule has 0 N–H and O–H groups in total. The quantitative estimate of drug-likeness (QED) is 0.819. The Balaban J connectivity index is 2.78. The highest BCUT2D eigenvalue weighted by Crippen LogP contribution is 2.15. The maximum absolute atomic E-state index is 13.5. The molecule has 0 aliphatic rings. The molecule has 0 saturated carbocycles. The maximum Gasteiger partial charge on any atom is 0.256 e. The minimum Gasteiger partial charge on any atom is -0.342 e. The van der Waals surface area contributed by atoms with Crippen LogP contribution in [-0.2, 0) is 0 Å². The lowest BCUT2D eigenvalue weighted by Crippen LogP contribution is -2.29. The number of halogens is 1. The fourth-order valence-electron chi connectivity index (χ4n) is 1.44. The molecule has 0 radical (unpaired) electrons. The first-order valence-corrected chi connectivity index (χ1v) is 6.10. The van der Waals surface area contributed by atoms with E-state index in [0.29, 0.717) is 17.4 Å². The second-order valence-corrected chi connectivity index (χ2v) is 5.09. The van der Waals surface area contributed by atoms with Crippen LogP contribution in [0.1, 0.15) is 30.6 Å². The molecule has 1 aromatic rings. The summed E-state index contributed by atoms with van der Waals surface area (Å²) >= 11 is 4.11. The Kier molecular flexibility index (Phi) is 5.00. The first-order valence-electron chi connectivity index (χ1n) is 5.65. The van der Waals surface area contributed by atoms with Crippen molar-refractivity contribution in [3.63, 3.8) is 0 Å². The second-order valence-electron chi connectivity index (χ2n) is 4.57. The summed E-state index contributed by atoms with van der Waals surface area (Å²) < 4.78 is 13.5. The summed E-state index contributed by atoms with van der Waals surface area (Å²) in [5, 5.41) is 0. The summed E-state index contributed by atoms with van der Waals surface area (Å²) in [6.45, 7) is 4.81. The Morgan fingerprint density at radius 3 is 2.71 bits per heavy atom. The number of amides is 1. The number of thiol groups is 1. The lowest BCUT2D eigenvalue weighted by atomic mass is 10.1. The van der Waals surface area contributed by atoms with Gasteiger partial charge in [0.2, 0.25) is 0 Å². The molecule has 0 aromatic heterocycles. The molecular formula is C13H18FNOS. The van der Waals surface area contributed by atoms with Gasteiger partial charge in [-0.15, -0.1) is 12.6 Å². The van der Waals surface area contributed by atoms with Crippen LogP contribution in [0.15, 0.2) is 23.1 Å². The monoisotopic (exact) mass is 255 g/mol. The molecule has 0 atom stereocenters. The molecule has 0 aliphatic carbocycles. The van der Waals surface area contributed by atoms with Gasteiger partial charge in [-0.05, 0) is 30.5 Å². The van der Waals surface area contributed by atoms with Crippen LogP contribution >= 0.6 is 12.6 Å². The van der Waals surface area contributed by atoms with E-state index in [1.807, 2.05) is 0 Å². The SMILES string of the molecule is CC(C)CCN(C)C(=O)c1cc(S)ccc1F. The van der Waals surface area contributed by atoms with Gasteiger partial charge in [-0.25, -0.2) is 4.39 Å². The van der Waals surface area contributed by atoms with Gasteiger partial charge in [0.05, 0.1) is 5.56 Å². The van der Waals surface area contributed by atoms with E-state index in [2.05, 4.69) is 26.5 Å². The van der Waals surface area contributed by atoms with E-state index in [9.17, 15) is 9.18 Å². The predicted molar refractivity (Wildman–Crippen MR) is 70.1 cm³/mol. The summed E-state index contributed by atoms with van der Waals surface area (Å²) in [7, 11) is 1.69. The highest BCUT2D eigenvalue weighted by molar-refractivity contribution is 7.80.